The highest BCUT2D eigenvalue weighted by Gasteiger charge is 2.18. The second kappa shape index (κ2) is 10.4. The van der Waals surface area contributed by atoms with Gasteiger partial charge in [-0.05, 0) is 66.1 Å². The molecule has 6 rings (SSSR count). The van der Waals surface area contributed by atoms with E-state index >= 15 is 0 Å². The molecule has 0 unspecified atom stereocenters. The lowest BCUT2D eigenvalue weighted by Gasteiger charge is -2.06. The Morgan fingerprint density at radius 2 is 1.82 bits per heavy atom. The maximum Gasteiger partial charge on any atom is 0.159 e. The molecule has 38 heavy (non-hydrogen) atoms. The maximum absolute atomic E-state index is 4.99. The summed E-state index contributed by atoms with van der Waals surface area (Å²) in [6.45, 7) is 5.95. The second-order valence-corrected chi connectivity index (χ2v) is 10.2. The fraction of sp³-hybridized carbons (Fsp3) is 0.0938. The van der Waals surface area contributed by atoms with Crippen molar-refractivity contribution in [2.24, 2.45) is 0 Å². The first-order chi connectivity index (χ1) is 18.7. The Kier molecular flexibility index (Phi) is 6.54. The van der Waals surface area contributed by atoms with Crippen LogP contribution in [0.5, 0.6) is 0 Å². The average Bonchev–Trinajstić information content (AvgIpc) is 3.71. The van der Waals surface area contributed by atoms with Crippen molar-refractivity contribution in [2.45, 2.75) is 19.8 Å². The number of hydrogen-bond acceptors (Lipinski definition) is 4. The van der Waals surface area contributed by atoms with Crippen LogP contribution in [-0.2, 0) is 12.8 Å². The van der Waals surface area contributed by atoms with Gasteiger partial charge in [-0.2, -0.15) is 5.10 Å². The van der Waals surface area contributed by atoms with Crippen LogP contribution in [0.15, 0.2) is 103 Å². The number of imidazole rings is 1. The molecule has 4 heterocycles. The summed E-state index contributed by atoms with van der Waals surface area (Å²) in [6, 6.07) is 23.3. The molecule has 0 atom stereocenters. The molecule has 4 aromatic heterocycles. The number of aromatic amines is 2. The van der Waals surface area contributed by atoms with E-state index in [2.05, 4.69) is 92.8 Å². The van der Waals surface area contributed by atoms with Crippen LogP contribution < -0.4 is 0 Å². The zero-order valence-electron chi connectivity index (χ0n) is 21.1. The van der Waals surface area contributed by atoms with Crippen molar-refractivity contribution in [3.8, 4) is 22.6 Å². The van der Waals surface area contributed by atoms with Crippen molar-refractivity contribution in [3.63, 3.8) is 0 Å². The normalized spacial score (nSPS) is 11.8. The predicted octanol–water partition coefficient (Wildman–Crippen LogP) is 7.79. The molecule has 0 aliphatic rings. The van der Waals surface area contributed by atoms with Crippen LogP contribution in [0.25, 0.3) is 39.1 Å². The molecule has 0 fully saturated rings. The summed E-state index contributed by atoms with van der Waals surface area (Å²) in [5, 5.41) is 10.9. The standard InChI is InChI=1S/C32H27N5S/c1-3-8-26(29-11-7-16-38-29)30-21(2)34-32(35-30)31-27-18-24(14-15-28(27)36-37-31)25-17-23(19-33-20-25)13-12-22-9-5-4-6-10-22/h3-11,14-20H,1,12-13H2,2H3,(H,34,35)(H,36,37)/b26-8-. The molecule has 0 aliphatic heterocycles. The largest absolute Gasteiger partial charge is 0.340 e. The highest BCUT2D eigenvalue weighted by Crippen LogP contribution is 2.33. The summed E-state index contributed by atoms with van der Waals surface area (Å²) in [6.07, 6.45) is 9.64. The number of nitrogens with zero attached hydrogens (tertiary/aromatic N) is 3. The molecular weight excluding hydrogens is 486 g/mol. The molecule has 5 nitrogen and oxygen atoms in total. The van der Waals surface area contributed by atoms with E-state index in [1.54, 1.807) is 17.4 Å². The van der Waals surface area contributed by atoms with Gasteiger partial charge in [0.25, 0.3) is 0 Å². The van der Waals surface area contributed by atoms with Gasteiger partial charge in [0.1, 0.15) is 5.69 Å². The quantitative estimate of drug-likeness (QED) is 0.204. The summed E-state index contributed by atoms with van der Waals surface area (Å²) >= 11 is 1.69. The maximum atomic E-state index is 4.99. The van der Waals surface area contributed by atoms with Gasteiger partial charge in [-0.3, -0.25) is 10.1 Å². The first-order valence-electron chi connectivity index (χ1n) is 12.6. The number of rotatable bonds is 8. The van der Waals surface area contributed by atoms with E-state index in [0.717, 1.165) is 68.2 Å². The highest BCUT2D eigenvalue weighted by atomic mass is 32.1. The Morgan fingerprint density at radius 1 is 0.947 bits per heavy atom. The van der Waals surface area contributed by atoms with E-state index in [4.69, 9.17) is 4.98 Å². The number of fused-ring (bicyclic) bond motifs is 1. The molecular formula is C32H27N5S. The van der Waals surface area contributed by atoms with Gasteiger partial charge in [0, 0.05) is 39.5 Å². The van der Waals surface area contributed by atoms with Crippen LogP contribution in [-0.4, -0.2) is 25.1 Å². The lowest BCUT2D eigenvalue weighted by atomic mass is 10.0. The molecule has 0 spiro atoms. The lowest BCUT2D eigenvalue weighted by molar-refractivity contribution is 0.950. The number of pyridine rings is 1. The Balaban J connectivity index is 1.33. The summed E-state index contributed by atoms with van der Waals surface area (Å²) in [5.74, 6) is 0.738. The third-order valence-corrected chi connectivity index (χ3v) is 7.57. The van der Waals surface area contributed by atoms with Gasteiger partial charge in [0.05, 0.1) is 11.2 Å². The summed E-state index contributed by atoms with van der Waals surface area (Å²) in [4.78, 5) is 14.1. The van der Waals surface area contributed by atoms with Crippen molar-refractivity contribution in [1.82, 2.24) is 25.1 Å². The molecule has 0 aliphatic carbocycles. The zero-order chi connectivity index (χ0) is 25.9. The van der Waals surface area contributed by atoms with Gasteiger partial charge in [-0.25, -0.2) is 4.98 Å². The first-order valence-corrected chi connectivity index (χ1v) is 13.5. The molecule has 2 aromatic carbocycles. The molecule has 0 amide bonds. The van der Waals surface area contributed by atoms with Crippen LogP contribution in [0.4, 0.5) is 0 Å². The van der Waals surface area contributed by atoms with Crippen molar-refractivity contribution >= 4 is 27.8 Å². The predicted molar refractivity (Wildman–Crippen MR) is 157 cm³/mol. The van der Waals surface area contributed by atoms with E-state index < -0.39 is 0 Å². The van der Waals surface area contributed by atoms with Gasteiger partial charge >= 0.3 is 0 Å². The SMILES string of the molecule is C=C/C=C(/c1cccs1)c1nc(-c2n[nH]c3ccc(-c4cncc(CCc5ccccc5)c4)cc23)[nH]c1C. The molecule has 0 saturated carbocycles. The number of aryl methyl sites for hydroxylation is 3. The first kappa shape index (κ1) is 23.8. The van der Waals surface area contributed by atoms with Crippen molar-refractivity contribution in [1.29, 1.82) is 0 Å². The third kappa shape index (κ3) is 4.74. The lowest BCUT2D eigenvalue weighted by Crippen LogP contribution is -1.93. The van der Waals surface area contributed by atoms with Crippen LogP contribution in [0.1, 0.15) is 27.4 Å². The van der Waals surface area contributed by atoms with E-state index in [9.17, 15) is 0 Å². The van der Waals surface area contributed by atoms with Gasteiger partial charge in [0.15, 0.2) is 5.82 Å². The monoisotopic (exact) mass is 513 g/mol. The van der Waals surface area contributed by atoms with E-state index in [1.807, 2.05) is 31.5 Å². The van der Waals surface area contributed by atoms with E-state index in [-0.39, 0.29) is 0 Å². The number of hydrogen-bond donors (Lipinski definition) is 2. The van der Waals surface area contributed by atoms with Gasteiger partial charge < -0.3 is 4.98 Å². The minimum atomic E-state index is 0.738. The van der Waals surface area contributed by atoms with Crippen molar-refractivity contribution in [3.05, 3.63) is 131 Å². The zero-order valence-corrected chi connectivity index (χ0v) is 21.9. The molecule has 6 aromatic rings. The fourth-order valence-corrected chi connectivity index (χ4v) is 5.50. The molecule has 0 bridgehead atoms. The summed E-state index contributed by atoms with van der Waals surface area (Å²) < 4.78 is 0. The minimum absolute atomic E-state index is 0.738. The summed E-state index contributed by atoms with van der Waals surface area (Å²) in [7, 11) is 0. The Bertz CT molecular complexity index is 1740. The minimum Gasteiger partial charge on any atom is -0.340 e. The second-order valence-electron chi connectivity index (χ2n) is 9.25. The Labute approximate surface area is 225 Å². The van der Waals surface area contributed by atoms with Gasteiger partial charge in [-0.1, -0.05) is 61.2 Å². The van der Waals surface area contributed by atoms with Crippen LogP contribution in [0, 0.1) is 6.92 Å². The molecule has 0 radical (unpaired) electrons. The number of allylic oxidation sites excluding steroid dienone is 2. The topological polar surface area (TPSA) is 70.2 Å². The van der Waals surface area contributed by atoms with E-state index in [0.29, 0.717) is 0 Å². The van der Waals surface area contributed by atoms with Crippen LogP contribution >= 0.6 is 11.3 Å². The summed E-state index contributed by atoms with van der Waals surface area (Å²) in [5.41, 5.74) is 9.46. The van der Waals surface area contributed by atoms with Crippen LogP contribution in [0.2, 0.25) is 0 Å². The number of nitrogens with one attached hydrogen (secondary N) is 2. The van der Waals surface area contributed by atoms with Crippen LogP contribution in [0.3, 0.4) is 0 Å². The number of aromatic nitrogens is 5. The van der Waals surface area contributed by atoms with Crippen molar-refractivity contribution in [2.75, 3.05) is 0 Å². The Hall–Kier alpha value is -4.55. The van der Waals surface area contributed by atoms with E-state index in [1.165, 1.54) is 11.1 Å². The fourth-order valence-electron chi connectivity index (χ4n) is 4.75. The third-order valence-electron chi connectivity index (χ3n) is 6.67. The number of H-pyrrole nitrogens is 2. The molecule has 2 N–H and O–H groups in total. The van der Waals surface area contributed by atoms with Crippen molar-refractivity contribution < 1.29 is 0 Å². The number of benzene rings is 2. The van der Waals surface area contributed by atoms with Gasteiger partial charge in [-0.15, -0.1) is 11.3 Å². The smallest absolute Gasteiger partial charge is 0.159 e. The Morgan fingerprint density at radius 3 is 2.63 bits per heavy atom. The molecule has 0 saturated heterocycles. The highest BCUT2D eigenvalue weighted by molar-refractivity contribution is 7.11. The number of thiophene rings is 1. The average molecular weight is 514 g/mol. The molecule has 6 heteroatoms. The molecule has 186 valence electrons. The van der Waals surface area contributed by atoms with Gasteiger partial charge in [0.2, 0.25) is 0 Å².